The summed E-state index contributed by atoms with van der Waals surface area (Å²) in [5, 5.41) is 10.5. The van der Waals surface area contributed by atoms with Crippen molar-refractivity contribution in [3.8, 4) is 5.75 Å². The zero-order valence-electron chi connectivity index (χ0n) is 25.8. The molecule has 2 fully saturated rings. The molecule has 0 saturated carbocycles. The summed E-state index contributed by atoms with van der Waals surface area (Å²) in [5.74, 6) is -1.55. The second kappa shape index (κ2) is 14.0. The number of carbonyl (C=O) groups excluding carboxylic acids is 3. The standard InChI is InChI=1S/C32H48N4O6/c1-5-6-15-33(16-7-8-18-36(2,3)4)30(39)22-34-21-25(23-9-10-27-24(20-23)14-19-42-27)31(32(40)41)26(34)13-17-35-28(37)11-12-29(35)38/h9-10,20,25-26,31H,5-8,11-19,21-22H2,1-4H3/p+1/t25-,26+,31-/m1/s1. The van der Waals surface area contributed by atoms with Gasteiger partial charge in [0, 0.05) is 57.4 Å². The largest absolute Gasteiger partial charge is 0.493 e. The molecule has 10 heteroatoms. The van der Waals surface area contributed by atoms with Gasteiger partial charge >= 0.3 is 5.97 Å². The normalized spacial score (nSPS) is 22.5. The van der Waals surface area contributed by atoms with Crippen molar-refractivity contribution >= 4 is 23.7 Å². The molecular formula is C32H49N4O6+. The van der Waals surface area contributed by atoms with Gasteiger partial charge in [-0.05, 0) is 42.9 Å². The van der Waals surface area contributed by atoms with Crippen molar-refractivity contribution in [2.75, 3.05) is 67.0 Å². The van der Waals surface area contributed by atoms with E-state index in [1.807, 2.05) is 21.9 Å². The van der Waals surface area contributed by atoms with Crippen LogP contribution in [0.15, 0.2) is 18.2 Å². The number of carbonyl (C=O) groups is 4. The molecule has 3 aliphatic heterocycles. The van der Waals surface area contributed by atoms with Crippen LogP contribution < -0.4 is 4.74 Å². The Hall–Kier alpha value is -2.98. The van der Waals surface area contributed by atoms with Gasteiger partial charge in [-0.15, -0.1) is 0 Å². The summed E-state index contributed by atoms with van der Waals surface area (Å²) in [6.07, 6.45) is 5.37. The van der Waals surface area contributed by atoms with Crippen LogP contribution in [0.3, 0.4) is 0 Å². The summed E-state index contributed by atoms with van der Waals surface area (Å²) in [6, 6.07) is 5.44. The number of ether oxygens (including phenoxy) is 1. The number of fused-ring (bicyclic) bond motifs is 1. The van der Waals surface area contributed by atoms with Crippen LogP contribution >= 0.6 is 0 Å². The highest BCUT2D eigenvalue weighted by atomic mass is 16.5. The number of benzene rings is 1. The van der Waals surface area contributed by atoms with Crippen molar-refractivity contribution in [2.24, 2.45) is 5.92 Å². The fourth-order valence-electron chi connectivity index (χ4n) is 6.63. The highest BCUT2D eigenvalue weighted by Crippen LogP contribution is 2.41. The van der Waals surface area contributed by atoms with Crippen LogP contribution in [-0.2, 0) is 25.6 Å². The van der Waals surface area contributed by atoms with Crippen LogP contribution in [0.4, 0.5) is 0 Å². The molecule has 0 bridgehead atoms. The average Bonchev–Trinajstić information content (AvgIpc) is 3.63. The van der Waals surface area contributed by atoms with E-state index < -0.39 is 17.9 Å². The monoisotopic (exact) mass is 585 g/mol. The molecule has 0 aliphatic carbocycles. The Labute approximate surface area is 250 Å². The zero-order valence-corrected chi connectivity index (χ0v) is 25.8. The number of quaternary nitrogens is 1. The number of imide groups is 1. The van der Waals surface area contributed by atoms with Gasteiger partial charge < -0.3 is 19.2 Å². The maximum absolute atomic E-state index is 13.8. The van der Waals surface area contributed by atoms with Crippen molar-refractivity contribution in [3.63, 3.8) is 0 Å². The minimum atomic E-state index is -0.918. The molecule has 42 heavy (non-hydrogen) atoms. The molecule has 3 aliphatic rings. The molecule has 3 atom stereocenters. The van der Waals surface area contributed by atoms with Crippen molar-refractivity contribution in [3.05, 3.63) is 29.3 Å². The number of amides is 3. The second-order valence-corrected chi connectivity index (χ2v) is 13.1. The number of hydrogen-bond donors (Lipinski definition) is 1. The van der Waals surface area contributed by atoms with Gasteiger partial charge in [-0.2, -0.15) is 0 Å². The Balaban J connectivity index is 1.54. The smallest absolute Gasteiger partial charge is 0.308 e. The minimum Gasteiger partial charge on any atom is -0.493 e. The summed E-state index contributed by atoms with van der Waals surface area (Å²) in [7, 11) is 6.50. The molecule has 1 aromatic rings. The van der Waals surface area contributed by atoms with Crippen LogP contribution in [0, 0.1) is 5.92 Å². The lowest BCUT2D eigenvalue weighted by Crippen LogP contribution is -2.46. The molecule has 2 saturated heterocycles. The van der Waals surface area contributed by atoms with Gasteiger partial charge in [0.25, 0.3) is 0 Å². The quantitative estimate of drug-likeness (QED) is 0.192. The average molecular weight is 586 g/mol. The predicted molar refractivity (Wildman–Crippen MR) is 159 cm³/mol. The zero-order chi connectivity index (χ0) is 30.4. The Kier molecular flexibility index (Phi) is 10.6. The number of unbranched alkanes of at least 4 members (excludes halogenated alkanes) is 2. The molecule has 1 aromatic carbocycles. The van der Waals surface area contributed by atoms with Gasteiger partial charge in [-0.25, -0.2) is 0 Å². The molecule has 4 rings (SSSR count). The van der Waals surface area contributed by atoms with Gasteiger partial charge in [0.15, 0.2) is 0 Å². The fraction of sp³-hybridized carbons (Fsp3) is 0.688. The third-order valence-electron chi connectivity index (χ3n) is 8.96. The molecule has 3 heterocycles. The minimum absolute atomic E-state index is 0.0131. The summed E-state index contributed by atoms with van der Waals surface area (Å²) in [6.45, 7) is 5.86. The van der Waals surface area contributed by atoms with E-state index >= 15 is 0 Å². The number of nitrogens with zero attached hydrogens (tertiary/aromatic N) is 4. The van der Waals surface area contributed by atoms with E-state index in [0.29, 0.717) is 32.7 Å². The Morgan fingerprint density at radius 1 is 1.05 bits per heavy atom. The van der Waals surface area contributed by atoms with Gasteiger partial charge in [-0.3, -0.25) is 29.0 Å². The van der Waals surface area contributed by atoms with Crippen molar-refractivity contribution in [1.82, 2.24) is 14.7 Å². The van der Waals surface area contributed by atoms with Crippen LogP contribution in [0.5, 0.6) is 5.75 Å². The fourth-order valence-corrected chi connectivity index (χ4v) is 6.63. The van der Waals surface area contributed by atoms with Gasteiger partial charge in [0.2, 0.25) is 17.7 Å². The first-order valence-electron chi connectivity index (χ1n) is 15.6. The molecule has 0 aromatic heterocycles. The van der Waals surface area contributed by atoms with E-state index in [1.54, 1.807) is 0 Å². The van der Waals surface area contributed by atoms with Crippen LogP contribution in [-0.4, -0.2) is 121 Å². The van der Waals surface area contributed by atoms with Gasteiger partial charge in [0.05, 0.1) is 46.8 Å². The van der Waals surface area contributed by atoms with E-state index in [2.05, 4.69) is 34.1 Å². The lowest BCUT2D eigenvalue weighted by atomic mass is 9.83. The second-order valence-electron chi connectivity index (χ2n) is 13.1. The summed E-state index contributed by atoms with van der Waals surface area (Å²) in [4.78, 5) is 56.5. The summed E-state index contributed by atoms with van der Waals surface area (Å²) < 4.78 is 6.55. The highest BCUT2D eigenvalue weighted by Gasteiger charge is 2.47. The number of carboxylic acids is 1. The maximum atomic E-state index is 13.8. The van der Waals surface area contributed by atoms with E-state index in [0.717, 1.165) is 60.0 Å². The first kappa shape index (κ1) is 31.9. The molecule has 3 amide bonds. The van der Waals surface area contributed by atoms with E-state index in [4.69, 9.17) is 4.74 Å². The number of aliphatic carboxylic acids is 1. The van der Waals surface area contributed by atoms with Gasteiger partial charge in [0.1, 0.15) is 5.75 Å². The molecule has 0 radical (unpaired) electrons. The predicted octanol–water partition coefficient (Wildman–Crippen LogP) is 2.74. The van der Waals surface area contributed by atoms with Crippen molar-refractivity contribution in [2.45, 2.75) is 70.3 Å². The van der Waals surface area contributed by atoms with Crippen molar-refractivity contribution < 1.29 is 33.5 Å². The summed E-state index contributed by atoms with van der Waals surface area (Å²) in [5.41, 5.74) is 2.01. The number of likely N-dealkylation sites (tertiary alicyclic amines) is 2. The number of carboxylic acid groups (broad SMARTS) is 1. The number of rotatable bonds is 15. The van der Waals surface area contributed by atoms with E-state index in [-0.39, 0.29) is 49.6 Å². The highest BCUT2D eigenvalue weighted by molar-refractivity contribution is 6.01. The van der Waals surface area contributed by atoms with E-state index in [9.17, 15) is 24.3 Å². The maximum Gasteiger partial charge on any atom is 0.308 e. The Morgan fingerprint density at radius 2 is 1.76 bits per heavy atom. The van der Waals surface area contributed by atoms with Crippen LogP contribution in [0.2, 0.25) is 0 Å². The lowest BCUT2D eigenvalue weighted by molar-refractivity contribution is -0.870. The van der Waals surface area contributed by atoms with Gasteiger partial charge in [-0.1, -0.05) is 25.5 Å². The Bertz CT molecular complexity index is 1130. The third kappa shape index (κ3) is 7.89. The Morgan fingerprint density at radius 3 is 2.43 bits per heavy atom. The first-order chi connectivity index (χ1) is 20.0. The van der Waals surface area contributed by atoms with Crippen molar-refractivity contribution in [1.29, 1.82) is 0 Å². The summed E-state index contributed by atoms with van der Waals surface area (Å²) >= 11 is 0. The number of hydrogen-bond acceptors (Lipinski definition) is 6. The lowest BCUT2D eigenvalue weighted by Gasteiger charge is -2.31. The SMILES string of the molecule is CCCCN(CCCC[N+](C)(C)C)C(=O)CN1C[C@H](c2ccc3c(c2)CCO3)[C@@H](C(=O)O)[C@@H]1CCN1C(=O)CCC1=O. The molecule has 10 nitrogen and oxygen atoms in total. The molecule has 1 N–H and O–H groups in total. The molecular weight excluding hydrogens is 536 g/mol. The molecule has 0 unspecified atom stereocenters. The van der Waals surface area contributed by atoms with E-state index in [1.165, 1.54) is 4.90 Å². The van der Waals surface area contributed by atoms with Crippen LogP contribution in [0.1, 0.15) is 68.9 Å². The molecule has 232 valence electrons. The first-order valence-corrected chi connectivity index (χ1v) is 15.6. The third-order valence-corrected chi connectivity index (χ3v) is 8.96. The topological polar surface area (TPSA) is 107 Å². The van der Waals surface area contributed by atoms with Crippen LogP contribution in [0.25, 0.3) is 0 Å². The molecule has 0 spiro atoms.